The van der Waals surface area contributed by atoms with Crippen LogP contribution in [0.25, 0.3) is 0 Å². The van der Waals surface area contributed by atoms with E-state index in [4.69, 9.17) is 33.0 Å². The van der Waals surface area contributed by atoms with E-state index >= 15 is 0 Å². The fourth-order valence-electron chi connectivity index (χ4n) is 1.07. The Morgan fingerprint density at radius 1 is 1.40 bits per heavy atom. The number of hydrogen-bond acceptors (Lipinski definition) is 2. The van der Waals surface area contributed by atoms with E-state index in [9.17, 15) is 4.79 Å². The number of carbonyl (C=O) groups is 1. The summed E-state index contributed by atoms with van der Waals surface area (Å²) in [6.07, 6.45) is -0.0784. The van der Waals surface area contributed by atoms with Crippen LogP contribution in [0.5, 0.6) is 5.75 Å². The van der Waals surface area contributed by atoms with Crippen LogP contribution in [0, 0.1) is 0 Å². The van der Waals surface area contributed by atoms with Gasteiger partial charge in [-0.25, -0.2) is 4.79 Å². The largest absolute Gasteiger partial charge is 0.489 e. The standard InChI is InChI=1S/C10H10Cl2O3/c1-5(2)15-7-4-3-6(11)8(9(7)12)10(13)14/h3-5H,1-2H3,(H,13,14). The van der Waals surface area contributed by atoms with Crippen molar-refractivity contribution in [2.45, 2.75) is 20.0 Å². The molecule has 1 aromatic rings. The quantitative estimate of drug-likeness (QED) is 0.891. The van der Waals surface area contributed by atoms with Crippen LogP contribution in [0.1, 0.15) is 24.2 Å². The van der Waals surface area contributed by atoms with Gasteiger partial charge < -0.3 is 9.84 Å². The van der Waals surface area contributed by atoms with E-state index in [0.717, 1.165) is 0 Å². The van der Waals surface area contributed by atoms with Gasteiger partial charge in [-0.1, -0.05) is 23.2 Å². The highest BCUT2D eigenvalue weighted by molar-refractivity contribution is 6.40. The summed E-state index contributed by atoms with van der Waals surface area (Å²) in [5.74, 6) is -0.840. The Hall–Kier alpha value is -0.930. The Morgan fingerprint density at radius 3 is 2.47 bits per heavy atom. The van der Waals surface area contributed by atoms with Crippen molar-refractivity contribution >= 4 is 29.2 Å². The molecular weight excluding hydrogens is 239 g/mol. The van der Waals surface area contributed by atoms with E-state index in [1.54, 1.807) is 6.07 Å². The number of rotatable bonds is 3. The van der Waals surface area contributed by atoms with Gasteiger partial charge in [-0.15, -0.1) is 0 Å². The average molecular weight is 249 g/mol. The predicted octanol–water partition coefficient (Wildman–Crippen LogP) is 3.48. The van der Waals surface area contributed by atoms with Gasteiger partial charge in [-0.05, 0) is 26.0 Å². The van der Waals surface area contributed by atoms with Crippen molar-refractivity contribution in [2.75, 3.05) is 0 Å². The first-order valence-corrected chi connectivity index (χ1v) is 5.07. The SMILES string of the molecule is CC(C)Oc1ccc(Cl)c(C(=O)O)c1Cl. The smallest absolute Gasteiger partial charge is 0.338 e. The molecule has 1 N–H and O–H groups in total. The van der Waals surface area contributed by atoms with Crippen molar-refractivity contribution in [1.29, 1.82) is 0 Å². The normalized spacial score (nSPS) is 10.5. The number of halogens is 2. The topological polar surface area (TPSA) is 46.5 Å². The zero-order valence-electron chi connectivity index (χ0n) is 8.25. The Balaban J connectivity index is 3.22. The fourth-order valence-corrected chi connectivity index (χ4v) is 1.65. The van der Waals surface area contributed by atoms with Crippen molar-refractivity contribution in [3.8, 4) is 5.75 Å². The second-order valence-corrected chi connectivity index (χ2v) is 3.99. The highest BCUT2D eigenvalue weighted by Gasteiger charge is 2.18. The van der Waals surface area contributed by atoms with Gasteiger partial charge in [-0.2, -0.15) is 0 Å². The van der Waals surface area contributed by atoms with Gasteiger partial charge in [0.25, 0.3) is 0 Å². The molecule has 0 heterocycles. The van der Waals surface area contributed by atoms with Crippen LogP contribution in [-0.2, 0) is 0 Å². The third kappa shape index (κ3) is 2.76. The summed E-state index contributed by atoms with van der Waals surface area (Å²) in [5, 5.41) is 9.01. The number of benzene rings is 1. The summed E-state index contributed by atoms with van der Waals surface area (Å²) < 4.78 is 5.34. The van der Waals surface area contributed by atoms with Crippen molar-refractivity contribution in [3.63, 3.8) is 0 Å². The van der Waals surface area contributed by atoms with Crippen LogP contribution in [0.4, 0.5) is 0 Å². The van der Waals surface area contributed by atoms with Crippen molar-refractivity contribution in [3.05, 3.63) is 27.7 Å². The lowest BCUT2D eigenvalue weighted by Crippen LogP contribution is -2.08. The maximum Gasteiger partial charge on any atom is 0.338 e. The monoisotopic (exact) mass is 248 g/mol. The maximum absolute atomic E-state index is 10.9. The van der Waals surface area contributed by atoms with Crippen LogP contribution < -0.4 is 4.74 Å². The van der Waals surface area contributed by atoms with Crippen molar-refractivity contribution in [1.82, 2.24) is 0 Å². The minimum absolute atomic E-state index is 0.0312. The molecule has 5 heteroatoms. The molecule has 0 atom stereocenters. The number of carboxylic acid groups (broad SMARTS) is 1. The third-order valence-electron chi connectivity index (χ3n) is 1.63. The fraction of sp³-hybridized carbons (Fsp3) is 0.300. The van der Waals surface area contributed by atoms with Gasteiger partial charge in [0.2, 0.25) is 0 Å². The van der Waals surface area contributed by atoms with E-state index < -0.39 is 5.97 Å². The highest BCUT2D eigenvalue weighted by atomic mass is 35.5. The molecule has 0 aliphatic carbocycles. The number of carboxylic acids is 1. The molecule has 0 bridgehead atoms. The van der Waals surface area contributed by atoms with Gasteiger partial charge in [-0.3, -0.25) is 0 Å². The van der Waals surface area contributed by atoms with Crippen LogP contribution >= 0.6 is 23.2 Å². The lowest BCUT2D eigenvalue weighted by Gasteiger charge is -2.13. The zero-order chi connectivity index (χ0) is 11.6. The summed E-state index contributed by atoms with van der Waals surface area (Å²) in [5.41, 5.74) is -0.128. The molecule has 0 spiro atoms. The lowest BCUT2D eigenvalue weighted by molar-refractivity contribution is 0.0696. The second kappa shape index (κ2) is 4.73. The molecule has 3 nitrogen and oxygen atoms in total. The Kier molecular flexibility index (Phi) is 3.83. The molecule has 1 rings (SSSR count). The highest BCUT2D eigenvalue weighted by Crippen LogP contribution is 2.33. The first-order chi connectivity index (χ1) is 6.93. The number of ether oxygens (including phenoxy) is 1. The Labute approximate surface area is 97.6 Å². The molecule has 0 aliphatic heterocycles. The summed E-state index contributed by atoms with van der Waals surface area (Å²) in [7, 11) is 0. The predicted molar refractivity (Wildman–Crippen MR) is 59.2 cm³/mol. The van der Waals surface area contributed by atoms with Gasteiger partial charge in [0.15, 0.2) is 0 Å². The van der Waals surface area contributed by atoms with E-state index in [-0.39, 0.29) is 21.7 Å². The lowest BCUT2D eigenvalue weighted by atomic mass is 10.2. The number of aromatic carboxylic acids is 1. The summed E-state index contributed by atoms with van der Waals surface area (Å²) in [6.45, 7) is 3.65. The Bertz CT molecular complexity index is 388. The minimum Gasteiger partial charge on any atom is -0.489 e. The van der Waals surface area contributed by atoms with Gasteiger partial charge in [0, 0.05) is 0 Å². The van der Waals surface area contributed by atoms with Crippen LogP contribution in [-0.4, -0.2) is 17.2 Å². The average Bonchev–Trinajstić information content (AvgIpc) is 2.09. The molecule has 1 aromatic carbocycles. The molecular formula is C10H10Cl2O3. The summed E-state index contributed by atoms with van der Waals surface area (Å²) in [4.78, 5) is 10.9. The molecule has 0 saturated heterocycles. The van der Waals surface area contributed by atoms with Crippen LogP contribution in [0.15, 0.2) is 12.1 Å². The first-order valence-electron chi connectivity index (χ1n) is 4.31. The van der Waals surface area contributed by atoms with E-state index in [0.29, 0.717) is 5.75 Å². The molecule has 15 heavy (non-hydrogen) atoms. The molecule has 0 radical (unpaired) electrons. The number of hydrogen-bond donors (Lipinski definition) is 1. The van der Waals surface area contributed by atoms with Crippen LogP contribution in [0.2, 0.25) is 10.0 Å². The third-order valence-corrected chi connectivity index (χ3v) is 2.32. The van der Waals surface area contributed by atoms with Gasteiger partial charge in [0.1, 0.15) is 11.3 Å². The first kappa shape index (κ1) is 12.1. The molecule has 0 aromatic heterocycles. The Morgan fingerprint density at radius 2 is 2.00 bits per heavy atom. The van der Waals surface area contributed by atoms with Gasteiger partial charge >= 0.3 is 5.97 Å². The summed E-state index contributed by atoms with van der Waals surface area (Å²) >= 11 is 11.6. The van der Waals surface area contributed by atoms with Crippen molar-refractivity contribution in [2.24, 2.45) is 0 Å². The molecule has 82 valence electrons. The van der Waals surface area contributed by atoms with Crippen LogP contribution in [0.3, 0.4) is 0 Å². The van der Waals surface area contributed by atoms with Gasteiger partial charge in [0.05, 0.1) is 16.1 Å². The molecule has 0 aliphatic rings. The summed E-state index contributed by atoms with van der Waals surface area (Å²) in [6, 6.07) is 3.01. The van der Waals surface area contributed by atoms with E-state index in [1.165, 1.54) is 6.07 Å². The molecule has 0 saturated carbocycles. The maximum atomic E-state index is 10.9. The molecule has 0 fully saturated rings. The van der Waals surface area contributed by atoms with E-state index in [1.807, 2.05) is 13.8 Å². The molecule has 0 amide bonds. The minimum atomic E-state index is -1.17. The molecule has 0 unspecified atom stereocenters. The zero-order valence-corrected chi connectivity index (χ0v) is 9.76. The van der Waals surface area contributed by atoms with E-state index in [2.05, 4.69) is 0 Å². The second-order valence-electron chi connectivity index (χ2n) is 3.21. The van der Waals surface area contributed by atoms with Crippen molar-refractivity contribution < 1.29 is 14.6 Å².